The highest BCUT2D eigenvalue weighted by atomic mass is 19.4. The van der Waals surface area contributed by atoms with E-state index >= 15 is 0 Å². The van der Waals surface area contributed by atoms with Crippen LogP contribution in [0.15, 0.2) is 53.9 Å². The van der Waals surface area contributed by atoms with E-state index in [1.54, 1.807) is 21.0 Å². The van der Waals surface area contributed by atoms with Gasteiger partial charge in [-0.2, -0.15) is 18.3 Å². The third kappa shape index (κ3) is 5.53. The zero-order chi connectivity index (χ0) is 27.8. The van der Waals surface area contributed by atoms with Gasteiger partial charge in [-0.25, -0.2) is 4.39 Å². The lowest BCUT2D eigenvalue weighted by molar-refractivity contribution is -0.138. The van der Waals surface area contributed by atoms with E-state index < -0.39 is 35.3 Å². The lowest BCUT2D eigenvalue weighted by atomic mass is 9.81. The molecule has 0 aliphatic carbocycles. The Labute approximate surface area is 215 Å². The first-order valence-corrected chi connectivity index (χ1v) is 11.6. The summed E-state index contributed by atoms with van der Waals surface area (Å²) in [4.78, 5) is 41.0. The number of carbonyl (C=O) groups excluding carboxylic acids is 3. The van der Waals surface area contributed by atoms with E-state index in [4.69, 9.17) is 0 Å². The smallest absolute Gasteiger partial charge is 0.347 e. The van der Waals surface area contributed by atoms with Crippen LogP contribution in [0.3, 0.4) is 0 Å². The molecule has 0 bridgehead atoms. The molecule has 1 atom stereocenters. The molecular formula is C26H25F4N5O3. The fraction of sp³-hybridized carbons (Fsp3) is 0.308. The molecule has 2 aromatic carbocycles. The number of halogens is 4. The Morgan fingerprint density at radius 3 is 2.50 bits per heavy atom. The highest BCUT2D eigenvalue weighted by Gasteiger charge is 2.36. The summed E-state index contributed by atoms with van der Waals surface area (Å²) in [6, 6.07) is 7.02. The maximum absolute atomic E-state index is 14.6. The minimum atomic E-state index is -4.53. The molecule has 1 aromatic heterocycles. The van der Waals surface area contributed by atoms with Crippen molar-refractivity contribution >= 4 is 34.3 Å². The van der Waals surface area contributed by atoms with Gasteiger partial charge in [0.25, 0.3) is 0 Å². The second kappa shape index (κ2) is 10.3. The Hall–Kier alpha value is -4.22. The van der Waals surface area contributed by atoms with Crippen LogP contribution >= 0.6 is 0 Å². The first-order chi connectivity index (χ1) is 17.8. The average molecular weight is 532 g/mol. The molecule has 0 saturated heterocycles. The quantitative estimate of drug-likeness (QED) is 0.460. The van der Waals surface area contributed by atoms with E-state index in [-0.39, 0.29) is 31.0 Å². The van der Waals surface area contributed by atoms with Gasteiger partial charge in [0.05, 0.1) is 29.4 Å². The number of fused-ring (bicyclic) bond motifs is 1. The predicted molar refractivity (Wildman–Crippen MR) is 131 cm³/mol. The number of aromatic nitrogens is 2. The summed E-state index contributed by atoms with van der Waals surface area (Å²) in [6.45, 7) is 1.33. The number of aromatic amines is 1. The van der Waals surface area contributed by atoms with Gasteiger partial charge in [0, 0.05) is 43.6 Å². The van der Waals surface area contributed by atoms with Gasteiger partial charge in [0.1, 0.15) is 12.4 Å². The zero-order valence-electron chi connectivity index (χ0n) is 20.8. The number of nitrogens with one attached hydrogen (secondary N) is 2. The van der Waals surface area contributed by atoms with Gasteiger partial charge in [0.15, 0.2) is 0 Å². The van der Waals surface area contributed by atoms with Crippen LogP contribution in [-0.2, 0) is 20.6 Å². The molecular weight excluding hydrogens is 506 g/mol. The zero-order valence-corrected chi connectivity index (χ0v) is 20.8. The van der Waals surface area contributed by atoms with Crippen molar-refractivity contribution < 1.29 is 31.9 Å². The normalized spacial score (nSPS) is 16.2. The number of benzene rings is 2. The van der Waals surface area contributed by atoms with Gasteiger partial charge in [-0.05, 0) is 36.3 Å². The molecule has 3 amide bonds. The molecule has 1 aliphatic rings. The van der Waals surface area contributed by atoms with Crippen LogP contribution in [0.4, 0.5) is 23.2 Å². The third-order valence-corrected chi connectivity index (χ3v) is 6.56. The Balaban J connectivity index is 1.67. The van der Waals surface area contributed by atoms with Crippen molar-refractivity contribution in [2.45, 2.75) is 31.9 Å². The number of H-pyrrole nitrogens is 1. The number of hydrogen-bond acceptors (Lipinski definition) is 4. The lowest BCUT2D eigenvalue weighted by Gasteiger charge is -2.35. The van der Waals surface area contributed by atoms with Gasteiger partial charge in [-0.15, -0.1) is 0 Å². The maximum atomic E-state index is 14.6. The number of amides is 3. The summed E-state index contributed by atoms with van der Waals surface area (Å²) < 4.78 is 53.8. The topological polar surface area (TPSA) is 98.4 Å². The number of alkyl halides is 3. The standard InChI is InChI=1S/C26H25F4N5O3/c1-14-18(9-23(36)32-22-8-16-12-31-33-21(16)11-20(22)27)19(10-24(37)35(14)13-25(38)34(2)3)15-4-6-17(7-5-15)26(28,29)30/h4-8,11-12,19H,9-10,13H2,1-3H3,(H,31,33)(H,32,36). The first kappa shape index (κ1) is 26.8. The lowest BCUT2D eigenvalue weighted by Crippen LogP contribution is -2.43. The number of rotatable bonds is 6. The van der Waals surface area contributed by atoms with Crippen LogP contribution in [0.5, 0.6) is 0 Å². The summed E-state index contributed by atoms with van der Waals surface area (Å²) in [7, 11) is 3.08. The fourth-order valence-corrected chi connectivity index (χ4v) is 4.41. The van der Waals surface area contributed by atoms with Crippen molar-refractivity contribution in [1.82, 2.24) is 20.0 Å². The summed E-state index contributed by atoms with van der Waals surface area (Å²) in [5.74, 6) is -2.72. The van der Waals surface area contributed by atoms with Gasteiger partial charge in [-0.1, -0.05) is 12.1 Å². The van der Waals surface area contributed by atoms with Crippen LogP contribution < -0.4 is 5.32 Å². The molecule has 8 nitrogen and oxygen atoms in total. The van der Waals surface area contributed by atoms with Crippen molar-refractivity contribution in [2.24, 2.45) is 0 Å². The van der Waals surface area contributed by atoms with Crippen molar-refractivity contribution in [3.05, 3.63) is 70.8 Å². The van der Waals surface area contributed by atoms with E-state index in [9.17, 15) is 31.9 Å². The van der Waals surface area contributed by atoms with Gasteiger partial charge in [0.2, 0.25) is 17.7 Å². The summed E-state index contributed by atoms with van der Waals surface area (Å²) in [6.07, 6.45) is -3.48. The highest BCUT2D eigenvalue weighted by molar-refractivity contribution is 5.96. The van der Waals surface area contributed by atoms with Crippen LogP contribution in [0.1, 0.15) is 36.8 Å². The molecule has 38 heavy (non-hydrogen) atoms. The monoisotopic (exact) mass is 531 g/mol. The van der Waals surface area contributed by atoms with Gasteiger partial charge >= 0.3 is 6.18 Å². The number of likely N-dealkylation sites (N-methyl/N-ethyl adjacent to an activating group) is 1. The number of hydrogen-bond donors (Lipinski definition) is 2. The molecule has 1 aliphatic heterocycles. The van der Waals surface area contributed by atoms with E-state index in [1.165, 1.54) is 40.3 Å². The molecule has 200 valence electrons. The molecule has 12 heteroatoms. The first-order valence-electron chi connectivity index (χ1n) is 11.6. The SMILES string of the molecule is CC1=C(CC(=O)Nc2cc3cn[nH]c3cc2F)C(c2ccc(C(F)(F)F)cc2)CC(=O)N1CC(=O)N(C)C. The minimum Gasteiger partial charge on any atom is -0.347 e. The number of allylic oxidation sites excluding steroid dienone is 1. The molecule has 2 N–H and O–H groups in total. The van der Waals surface area contributed by atoms with Crippen LogP contribution in [-0.4, -0.2) is 58.4 Å². The average Bonchev–Trinajstić information content (AvgIpc) is 3.30. The fourth-order valence-electron chi connectivity index (χ4n) is 4.41. The molecule has 1 unspecified atom stereocenters. The molecule has 0 spiro atoms. The molecule has 0 fully saturated rings. The summed E-state index contributed by atoms with van der Waals surface area (Å²) >= 11 is 0. The molecule has 4 rings (SSSR count). The highest BCUT2D eigenvalue weighted by Crippen LogP contribution is 2.39. The second-order valence-electron chi connectivity index (χ2n) is 9.27. The van der Waals surface area contributed by atoms with Gasteiger partial charge in [-0.3, -0.25) is 19.5 Å². The van der Waals surface area contributed by atoms with Crippen molar-refractivity contribution in [3.63, 3.8) is 0 Å². The Bertz CT molecular complexity index is 1430. The number of carbonyl (C=O) groups is 3. The second-order valence-corrected chi connectivity index (χ2v) is 9.27. The van der Waals surface area contributed by atoms with Crippen LogP contribution in [0.2, 0.25) is 0 Å². The number of anilines is 1. The molecule has 3 aromatic rings. The minimum absolute atomic E-state index is 0.0697. The van der Waals surface area contributed by atoms with Gasteiger partial charge < -0.3 is 15.1 Å². The predicted octanol–water partition coefficient (Wildman–Crippen LogP) is 4.43. The van der Waals surface area contributed by atoms with Crippen LogP contribution in [0.25, 0.3) is 10.9 Å². The Morgan fingerprint density at radius 2 is 1.87 bits per heavy atom. The van der Waals surface area contributed by atoms with Crippen molar-refractivity contribution in [2.75, 3.05) is 26.0 Å². The van der Waals surface area contributed by atoms with E-state index in [2.05, 4.69) is 15.5 Å². The summed E-state index contributed by atoms with van der Waals surface area (Å²) in [5.41, 5.74) is 0.749. The largest absolute Gasteiger partial charge is 0.416 e. The molecule has 2 heterocycles. The molecule has 0 radical (unpaired) electrons. The molecule has 0 saturated carbocycles. The van der Waals surface area contributed by atoms with Crippen LogP contribution in [0, 0.1) is 5.82 Å². The summed E-state index contributed by atoms with van der Waals surface area (Å²) in [5, 5.41) is 9.57. The van der Waals surface area contributed by atoms with E-state index in [0.29, 0.717) is 27.7 Å². The Morgan fingerprint density at radius 1 is 1.18 bits per heavy atom. The third-order valence-electron chi connectivity index (χ3n) is 6.56. The van der Waals surface area contributed by atoms with Crippen molar-refractivity contribution in [3.8, 4) is 0 Å². The Kier molecular flexibility index (Phi) is 7.25. The number of nitrogens with zero attached hydrogens (tertiary/aromatic N) is 3. The maximum Gasteiger partial charge on any atom is 0.416 e. The van der Waals surface area contributed by atoms with Crippen molar-refractivity contribution in [1.29, 1.82) is 0 Å². The van der Waals surface area contributed by atoms with E-state index in [0.717, 1.165) is 12.1 Å². The van der Waals surface area contributed by atoms with E-state index in [1.807, 2.05) is 0 Å².